The maximum Gasteiger partial charge on any atom is 0.186 e. The predicted octanol–water partition coefficient (Wildman–Crippen LogP) is 2.81. The highest BCUT2D eigenvalue weighted by Gasteiger charge is 1.98. The van der Waals surface area contributed by atoms with E-state index in [1.807, 2.05) is 6.92 Å². The summed E-state index contributed by atoms with van der Waals surface area (Å²) in [6.45, 7) is 4.80. The van der Waals surface area contributed by atoms with Gasteiger partial charge in [-0.05, 0) is 43.3 Å². The van der Waals surface area contributed by atoms with Gasteiger partial charge in [-0.15, -0.1) is 0 Å². The molecule has 0 aliphatic rings. The minimum Gasteiger partial charge on any atom is -0.361 e. The summed E-state index contributed by atoms with van der Waals surface area (Å²) in [6, 6.07) is 6.19. The van der Waals surface area contributed by atoms with Crippen molar-refractivity contribution < 1.29 is 4.39 Å². The Morgan fingerprint density at radius 2 is 2.00 bits per heavy atom. The van der Waals surface area contributed by atoms with Crippen molar-refractivity contribution in [2.75, 3.05) is 6.54 Å². The molecule has 0 aromatic heterocycles. The summed E-state index contributed by atoms with van der Waals surface area (Å²) in [5.41, 5.74) is 4.39. The fourth-order valence-corrected chi connectivity index (χ4v) is 1.46. The maximum atomic E-state index is 12.8. The van der Waals surface area contributed by atoms with Crippen molar-refractivity contribution in [3.05, 3.63) is 35.6 Å². The molecule has 98 valence electrons. The van der Waals surface area contributed by atoms with Gasteiger partial charge in [0.15, 0.2) is 5.11 Å². The summed E-state index contributed by atoms with van der Waals surface area (Å²) in [4.78, 5) is 0. The Balaban J connectivity index is 2.46. The van der Waals surface area contributed by atoms with Crippen LogP contribution in [0.3, 0.4) is 0 Å². The van der Waals surface area contributed by atoms with E-state index in [4.69, 9.17) is 12.2 Å². The highest BCUT2D eigenvalue weighted by atomic mass is 32.1. The largest absolute Gasteiger partial charge is 0.361 e. The first-order valence-corrected chi connectivity index (χ1v) is 6.38. The number of thiocarbonyl (C=S) groups is 1. The van der Waals surface area contributed by atoms with Crippen LogP contribution in [0.4, 0.5) is 4.39 Å². The Hall–Kier alpha value is -1.49. The third-order valence-corrected chi connectivity index (χ3v) is 2.64. The molecule has 5 heteroatoms. The Labute approximate surface area is 112 Å². The van der Waals surface area contributed by atoms with E-state index < -0.39 is 0 Å². The molecule has 0 aliphatic carbocycles. The molecule has 0 heterocycles. The molecule has 0 aliphatic heterocycles. The van der Waals surface area contributed by atoms with Gasteiger partial charge in [0.2, 0.25) is 0 Å². The minimum absolute atomic E-state index is 0.253. The maximum absolute atomic E-state index is 12.8. The van der Waals surface area contributed by atoms with Crippen LogP contribution >= 0.6 is 12.2 Å². The van der Waals surface area contributed by atoms with Crippen LogP contribution in [0.2, 0.25) is 0 Å². The van der Waals surface area contributed by atoms with Crippen LogP contribution in [0.1, 0.15) is 32.3 Å². The van der Waals surface area contributed by atoms with E-state index in [0.29, 0.717) is 5.11 Å². The van der Waals surface area contributed by atoms with Crippen LogP contribution < -0.4 is 10.7 Å². The quantitative estimate of drug-likeness (QED) is 0.373. The average molecular weight is 267 g/mol. The molecular weight excluding hydrogens is 249 g/mol. The summed E-state index contributed by atoms with van der Waals surface area (Å²) >= 11 is 5.07. The predicted molar refractivity (Wildman–Crippen MR) is 77.3 cm³/mol. The van der Waals surface area contributed by atoms with E-state index in [9.17, 15) is 4.39 Å². The Kier molecular flexibility index (Phi) is 6.28. The van der Waals surface area contributed by atoms with Crippen LogP contribution in [0.15, 0.2) is 29.4 Å². The summed E-state index contributed by atoms with van der Waals surface area (Å²) < 4.78 is 12.8. The van der Waals surface area contributed by atoms with Crippen LogP contribution in [0, 0.1) is 5.82 Å². The Morgan fingerprint density at radius 1 is 1.33 bits per heavy atom. The molecule has 0 bridgehead atoms. The van der Waals surface area contributed by atoms with Gasteiger partial charge in [0, 0.05) is 6.54 Å². The van der Waals surface area contributed by atoms with Gasteiger partial charge in [0.1, 0.15) is 5.82 Å². The third kappa shape index (κ3) is 5.23. The molecule has 0 atom stereocenters. The number of nitrogens with zero attached hydrogens (tertiary/aromatic N) is 1. The molecule has 2 N–H and O–H groups in total. The average Bonchev–Trinajstić information content (AvgIpc) is 2.37. The number of hydrogen-bond acceptors (Lipinski definition) is 2. The van der Waals surface area contributed by atoms with Gasteiger partial charge in [-0.1, -0.05) is 25.5 Å². The smallest absolute Gasteiger partial charge is 0.186 e. The van der Waals surface area contributed by atoms with Gasteiger partial charge in [-0.3, -0.25) is 5.43 Å². The summed E-state index contributed by atoms with van der Waals surface area (Å²) in [5, 5.41) is 7.70. The monoisotopic (exact) mass is 267 g/mol. The van der Waals surface area contributed by atoms with E-state index >= 15 is 0 Å². The van der Waals surface area contributed by atoms with Crippen molar-refractivity contribution in [2.45, 2.75) is 26.7 Å². The lowest BCUT2D eigenvalue weighted by Crippen LogP contribution is -2.33. The number of benzene rings is 1. The first-order chi connectivity index (χ1) is 8.63. The fraction of sp³-hybridized carbons (Fsp3) is 0.385. The third-order valence-electron chi connectivity index (χ3n) is 2.40. The number of hydrogen-bond donors (Lipinski definition) is 2. The highest BCUT2D eigenvalue weighted by molar-refractivity contribution is 7.80. The van der Waals surface area contributed by atoms with Gasteiger partial charge < -0.3 is 5.32 Å². The van der Waals surface area contributed by atoms with Crippen LogP contribution in [0.5, 0.6) is 0 Å². The van der Waals surface area contributed by atoms with Crippen LogP contribution in [0.25, 0.3) is 0 Å². The molecule has 0 unspecified atom stereocenters. The zero-order valence-corrected chi connectivity index (χ0v) is 11.5. The summed E-state index contributed by atoms with van der Waals surface area (Å²) in [5.74, 6) is -0.253. The lowest BCUT2D eigenvalue weighted by atomic mass is 10.1. The van der Waals surface area contributed by atoms with Crippen LogP contribution in [-0.2, 0) is 0 Å². The zero-order valence-electron chi connectivity index (χ0n) is 10.7. The first-order valence-electron chi connectivity index (χ1n) is 5.97. The molecule has 1 aromatic carbocycles. The van der Waals surface area contributed by atoms with Crippen LogP contribution in [-0.4, -0.2) is 17.4 Å². The minimum atomic E-state index is -0.253. The fourth-order valence-electron chi connectivity index (χ4n) is 1.31. The molecular formula is C13H18FN3S. The second kappa shape index (κ2) is 7.76. The topological polar surface area (TPSA) is 36.4 Å². The molecule has 0 fully saturated rings. The molecule has 18 heavy (non-hydrogen) atoms. The SMILES string of the molecule is CCCCNC(=S)N/N=C(/C)c1ccc(F)cc1. The van der Waals surface area contributed by atoms with Crippen molar-refractivity contribution in [2.24, 2.45) is 5.10 Å². The second-order valence-electron chi connectivity index (χ2n) is 3.93. The number of rotatable bonds is 5. The number of halogens is 1. The Bertz CT molecular complexity index is 415. The van der Waals surface area contributed by atoms with E-state index in [1.165, 1.54) is 12.1 Å². The number of nitrogens with one attached hydrogen (secondary N) is 2. The molecule has 0 saturated heterocycles. The van der Waals surface area contributed by atoms with E-state index in [1.54, 1.807) is 12.1 Å². The zero-order chi connectivity index (χ0) is 13.4. The standard InChI is InChI=1S/C13H18FN3S/c1-3-4-9-15-13(18)17-16-10(2)11-5-7-12(14)8-6-11/h5-8H,3-4,9H2,1-2H3,(H2,15,17,18)/b16-10-. The van der Waals surface area contributed by atoms with Gasteiger partial charge in [0.25, 0.3) is 0 Å². The number of hydrazone groups is 1. The first kappa shape index (κ1) is 14.6. The molecule has 0 amide bonds. The Morgan fingerprint density at radius 3 is 2.61 bits per heavy atom. The molecule has 1 rings (SSSR count). The lowest BCUT2D eigenvalue weighted by Gasteiger charge is -2.07. The lowest BCUT2D eigenvalue weighted by molar-refractivity contribution is 0.628. The van der Waals surface area contributed by atoms with E-state index in [-0.39, 0.29) is 5.82 Å². The van der Waals surface area contributed by atoms with Crippen molar-refractivity contribution in [1.82, 2.24) is 10.7 Å². The molecule has 0 radical (unpaired) electrons. The van der Waals surface area contributed by atoms with Crippen molar-refractivity contribution in [1.29, 1.82) is 0 Å². The second-order valence-corrected chi connectivity index (χ2v) is 4.33. The van der Waals surface area contributed by atoms with Gasteiger partial charge in [0.05, 0.1) is 5.71 Å². The van der Waals surface area contributed by atoms with Gasteiger partial charge in [-0.25, -0.2) is 4.39 Å². The van der Waals surface area contributed by atoms with Gasteiger partial charge in [-0.2, -0.15) is 5.10 Å². The molecule has 3 nitrogen and oxygen atoms in total. The number of unbranched alkanes of at least 4 members (excludes halogenated alkanes) is 1. The van der Waals surface area contributed by atoms with Crippen molar-refractivity contribution >= 4 is 23.0 Å². The molecule has 1 aromatic rings. The van der Waals surface area contributed by atoms with Gasteiger partial charge >= 0.3 is 0 Å². The van der Waals surface area contributed by atoms with E-state index in [0.717, 1.165) is 30.7 Å². The van der Waals surface area contributed by atoms with E-state index in [2.05, 4.69) is 22.8 Å². The molecule has 0 saturated carbocycles. The normalized spacial score (nSPS) is 11.2. The summed E-state index contributed by atoms with van der Waals surface area (Å²) in [7, 11) is 0. The van der Waals surface area contributed by atoms with Crippen molar-refractivity contribution in [3.8, 4) is 0 Å². The summed E-state index contributed by atoms with van der Waals surface area (Å²) in [6.07, 6.45) is 2.19. The highest BCUT2D eigenvalue weighted by Crippen LogP contribution is 2.03. The molecule has 0 spiro atoms. The van der Waals surface area contributed by atoms with Crippen molar-refractivity contribution in [3.63, 3.8) is 0 Å².